The van der Waals surface area contributed by atoms with E-state index in [1.54, 1.807) is 7.11 Å². The predicted octanol–water partition coefficient (Wildman–Crippen LogP) is 4.44. The van der Waals surface area contributed by atoms with Gasteiger partial charge in [0.05, 0.1) is 7.11 Å². The first-order chi connectivity index (χ1) is 16.6. The van der Waals surface area contributed by atoms with Gasteiger partial charge >= 0.3 is 0 Å². The van der Waals surface area contributed by atoms with Crippen LogP contribution in [-0.2, 0) is 13.0 Å². The van der Waals surface area contributed by atoms with Crippen LogP contribution in [-0.4, -0.2) is 62.6 Å². The summed E-state index contributed by atoms with van der Waals surface area (Å²) in [7, 11) is 3.89. The van der Waals surface area contributed by atoms with Crippen LogP contribution in [0.2, 0.25) is 0 Å². The number of hydrogen-bond acceptors (Lipinski definition) is 5. The molecule has 6 nitrogen and oxygen atoms in total. The summed E-state index contributed by atoms with van der Waals surface area (Å²) >= 11 is 0. The molecule has 5 rings (SSSR count). The zero-order valence-corrected chi connectivity index (χ0v) is 19.9. The number of methoxy groups -OCH3 is 1. The fourth-order valence-corrected chi connectivity index (χ4v) is 4.81. The molecule has 0 bridgehead atoms. The average Bonchev–Trinajstić information content (AvgIpc) is 2.89. The fourth-order valence-electron chi connectivity index (χ4n) is 4.81. The maximum absolute atomic E-state index is 13.4. The molecule has 0 N–H and O–H groups in total. The highest BCUT2D eigenvalue weighted by Gasteiger charge is 2.28. The molecule has 0 radical (unpaired) electrons. The Bertz CT molecular complexity index is 1140. The van der Waals surface area contributed by atoms with Gasteiger partial charge in [-0.05, 0) is 62.0 Å². The Kier molecular flexibility index (Phi) is 6.41. The number of amides is 1. The minimum Gasteiger partial charge on any atom is -0.496 e. The minimum atomic E-state index is 0.0454. The third kappa shape index (κ3) is 4.59. The van der Waals surface area contributed by atoms with Gasteiger partial charge in [0, 0.05) is 61.6 Å². The van der Waals surface area contributed by atoms with E-state index in [9.17, 15) is 4.79 Å². The van der Waals surface area contributed by atoms with Crippen molar-refractivity contribution in [2.24, 2.45) is 0 Å². The van der Waals surface area contributed by atoms with Crippen molar-refractivity contribution in [3.8, 4) is 17.2 Å². The van der Waals surface area contributed by atoms with Crippen LogP contribution >= 0.6 is 0 Å². The number of fused-ring (bicyclic) bond motifs is 1. The second kappa shape index (κ2) is 9.77. The molecule has 6 heteroatoms. The number of benzene rings is 3. The van der Waals surface area contributed by atoms with Crippen LogP contribution in [0.1, 0.15) is 21.5 Å². The number of carbonyl (C=O) groups is 1. The second-order valence-corrected chi connectivity index (χ2v) is 8.95. The lowest BCUT2D eigenvalue weighted by molar-refractivity contribution is 0.0734. The first kappa shape index (κ1) is 22.3. The van der Waals surface area contributed by atoms with Gasteiger partial charge < -0.3 is 24.2 Å². The highest BCUT2D eigenvalue weighted by atomic mass is 16.5. The molecule has 0 aromatic heterocycles. The summed E-state index contributed by atoms with van der Waals surface area (Å²) in [4.78, 5) is 20.2. The number of nitrogens with zero attached hydrogens (tertiary/aromatic N) is 3. The molecule has 1 amide bonds. The van der Waals surface area contributed by atoms with Gasteiger partial charge in [-0.15, -0.1) is 0 Å². The molecule has 2 heterocycles. The Hall–Kier alpha value is -3.51. The molecule has 176 valence electrons. The fraction of sp³-hybridized carbons (Fsp3) is 0.321. The summed E-state index contributed by atoms with van der Waals surface area (Å²) in [5.74, 6) is 2.46. The van der Waals surface area contributed by atoms with Crippen molar-refractivity contribution in [1.82, 2.24) is 9.80 Å². The number of piperazine rings is 1. The van der Waals surface area contributed by atoms with Crippen LogP contribution in [0, 0.1) is 0 Å². The molecule has 0 unspecified atom stereocenters. The van der Waals surface area contributed by atoms with E-state index in [1.807, 2.05) is 59.5 Å². The van der Waals surface area contributed by atoms with Crippen LogP contribution in [0.4, 0.5) is 5.69 Å². The van der Waals surface area contributed by atoms with Crippen molar-refractivity contribution in [2.45, 2.75) is 13.0 Å². The van der Waals surface area contributed by atoms with Crippen LogP contribution < -0.4 is 14.4 Å². The lowest BCUT2D eigenvalue weighted by Crippen LogP contribution is -2.45. The molecule has 2 aliphatic heterocycles. The van der Waals surface area contributed by atoms with E-state index in [0.717, 1.165) is 44.1 Å². The lowest BCUT2D eigenvalue weighted by atomic mass is 9.95. The molecule has 0 spiro atoms. The number of para-hydroxylation sites is 1. The van der Waals surface area contributed by atoms with Gasteiger partial charge in [0.2, 0.25) is 0 Å². The normalized spacial score (nSPS) is 16.2. The molecule has 3 aromatic carbocycles. The predicted molar refractivity (Wildman–Crippen MR) is 134 cm³/mol. The molecule has 0 atom stereocenters. The van der Waals surface area contributed by atoms with Crippen LogP contribution in [0.3, 0.4) is 0 Å². The Balaban J connectivity index is 1.35. The largest absolute Gasteiger partial charge is 0.496 e. The third-order valence-corrected chi connectivity index (χ3v) is 6.78. The summed E-state index contributed by atoms with van der Waals surface area (Å²) in [5.41, 5.74) is 4.35. The molecule has 34 heavy (non-hydrogen) atoms. The van der Waals surface area contributed by atoms with E-state index in [1.165, 1.54) is 16.8 Å². The van der Waals surface area contributed by atoms with Gasteiger partial charge in [-0.25, -0.2) is 0 Å². The lowest BCUT2D eigenvalue weighted by Gasteiger charge is -2.38. The van der Waals surface area contributed by atoms with E-state index < -0.39 is 0 Å². The summed E-state index contributed by atoms with van der Waals surface area (Å²) in [5, 5.41) is 0. The van der Waals surface area contributed by atoms with Gasteiger partial charge in [-0.1, -0.05) is 18.2 Å². The van der Waals surface area contributed by atoms with Gasteiger partial charge in [-0.3, -0.25) is 4.79 Å². The van der Waals surface area contributed by atoms with E-state index >= 15 is 0 Å². The molecule has 2 aliphatic rings. The van der Waals surface area contributed by atoms with Gasteiger partial charge in [0.25, 0.3) is 5.91 Å². The first-order valence-corrected chi connectivity index (χ1v) is 11.9. The van der Waals surface area contributed by atoms with E-state index in [2.05, 4.69) is 29.0 Å². The minimum absolute atomic E-state index is 0.0454. The first-order valence-electron chi connectivity index (χ1n) is 11.9. The van der Waals surface area contributed by atoms with Crippen molar-refractivity contribution >= 4 is 11.6 Å². The zero-order valence-electron chi connectivity index (χ0n) is 19.9. The molecule has 3 aromatic rings. The number of hydrogen-bond donors (Lipinski definition) is 0. The van der Waals surface area contributed by atoms with Crippen LogP contribution in [0.5, 0.6) is 17.2 Å². The zero-order chi connectivity index (χ0) is 23.5. The van der Waals surface area contributed by atoms with Crippen molar-refractivity contribution in [2.75, 3.05) is 51.8 Å². The van der Waals surface area contributed by atoms with Crippen molar-refractivity contribution in [3.05, 3.63) is 83.4 Å². The summed E-state index contributed by atoms with van der Waals surface area (Å²) in [6, 6.07) is 21.3. The Labute approximate surface area is 201 Å². The van der Waals surface area contributed by atoms with Gasteiger partial charge in [0.15, 0.2) is 0 Å². The molecule has 1 fully saturated rings. The summed E-state index contributed by atoms with van der Waals surface area (Å²) in [6.07, 6.45) is 0.793. The Morgan fingerprint density at radius 1 is 0.794 bits per heavy atom. The highest BCUT2D eigenvalue weighted by Crippen LogP contribution is 2.36. The standard InChI is InChI=1S/C28H31N3O3/c1-29-16-18-30(19-17-29)26-12-13-27(33-2)24-14-15-31(20-25(24)26)28(32)21-8-10-23(11-9-21)34-22-6-4-3-5-7-22/h3-13H,14-20H2,1-2H3. The molecule has 0 aliphatic carbocycles. The quantitative estimate of drug-likeness (QED) is 0.567. The molecular formula is C28H31N3O3. The van der Waals surface area contributed by atoms with E-state index in [4.69, 9.17) is 9.47 Å². The van der Waals surface area contributed by atoms with Gasteiger partial charge in [0.1, 0.15) is 17.2 Å². The number of rotatable bonds is 5. The average molecular weight is 458 g/mol. The smallest absolute Gasteiger partial charge is 0.254 e. The Morgan fingerprint density at radius 2 is 1.50 bits per heavy atom. The second-order valence-electron chi connectivity index (χ2n) is 8.95. The van der Waals surface area contributed by atoms with Crippen molar-refractivity contribution in [1.29, 1.82) is 0 Å². The van der Waals surface area contributed by atoms with Crippen LogP contribution in [0.15, 0.2) is 66.7 Å². The van der Waals surface area contributed by atoms with Gasteiger partial charge in [-0.2, -0.15) is 0 Å². The maximum Gasteiger partial charge on any atom is 0.254 e. The number of likely N-dealkylation sites (N-methyl/N-ethyl adjacent to an activating group) is 1. The van der Waals surface area contributed by atoms with Crippen LogP contribution in [0.25, 0.3) is 0 Å². The molecule has 1 saturated heterocycles. The monoisotopic (exact) mass is 457 g/mol. The topological polar surface area (TPSA) is 45.2 Å². The maximum atomic E-state index is 13.4. The SMILES string of the molecule is COc1ccc(N2CCN(C)CC2)c2c1CCN(C(=O)c1ccc(Oc3ccccc3)cc1)C2. The summed E-state index contributed by atoms with van der Waals surface area (Å²) in [6.45, 7) is 5.34. The van der Waals surface area contributed by atoms with E-state index in [0.29, 0.717) is 24.4 Å². The van der Waals surface area contributed by atoms with Crippen molar-refractivity contribution < 1.29 is 14.3 Å². The number of anilines is 1. The number of carbonyl (C=O) groups excluding carboxylic acids is 1. The molecular weight excluding hydrogens is 426 g/mol. The Morgan fingerprint density at radius 3 is 2.21 bits per heavy atom. The third-order valence-electron chi connectivity index (χ3n) is 6.78. The number of ether oxygens (including phenoxy) is 2. The van der Waals surface area contributed by atoms with E-state index in [-0.39, 0.29) is 5.91 Å². The molecule has 0 saturated carbocycles. The highest BCUT2D eigenvalue weighted by molar-refractivity contribution is 5.94. The summed E-state index contributed by atoms with van der Waals surface area (Å²) < 4.78 is 11.5. The van der Waals surface area contributed by atoms with Crippen molar-refractivity contribution in [3.63, 3.8) is 0 Å².